The Kier molecular flexibility index (Phi) is 5.68. The van der Waals surface area contributed by atoms with Crippen LogP contribution in [0.1, 0.15) is 22.5 Å². The lowest BCUT2D eigenvalue weighted by Gasteiger charge is -2.21. The number of carbonyl (C=O) groups excluding carboxylic acids is 1. The number of rotatable bonds is 7. The second-order valence-electron chi connectivity index (χ2n) is 4.98. The van der Waals surface area contributed by atoms with Gasteiger partial charge in [0.15, 0.2) is 0 Å². The van der Waals surface area contributed by atoms with Gasteiger partial charge in [-0.1, -0.05) is 18.2 Å². The largest absolute Gasteiger partial charge is 0.396 e. The third kappa shape index (κ3) is 3.52. The van der Waals surface area contributed by atoms with Gasteiger partial charge >= 0.3 is 0 Å². The maximum Gasteiger partial charge on any atom is 0.257 e. The topological polar surface area (TPSA) is 78.6 Å². The average molecular weight is 303 g/mol. The van der Waals surface area contributed by atoms with Crippen LogP contribution < -0.4 is 0 Å². The molecule has 0 saturated heterocycles. The number of hydrogen-bond donors (Lipinski definition) is 2. The van der Waals surface area contributed by atoms with Crippen molar-refractivity contribution in [2.24, 2.45) is 0 Å². The summed E-state index contributed by atoms with van der Waals surface area (Å²) in [5.74, 6) is -0.179. The molecule has 6 heteroatoms. The first-order valence-corrected chi connectivity index (χ1v) is 7.30. The smallest absolute Gasteiger partial charge is 0.257 e. The highest BCUT2D eigenvalue weighted by molar-refractivity contribution is 5.95. The van der Waals surface area contributed by atoms with Crippen molar-refractivity contribution in [2.75, 3.05) is 26.3 Å². The molecule has 2 N–H and O–H groups in total. The number of amides is 1. The molecule has 0 unspecified atom stereocenters. The van der Waals surface area contributed by atoms with Gasteiger partial charge in [-0.05, 0) is 25.5 Å². The predicted octanol–water partition coefficient (Wildman–Crippen LogP) is 0.998. The van der Waals surface area contributed by atoms with Crippen molar-refractivity contribution in [1.29, 1.82) is 0 Å². The number of aliphatic hydroxyl groups is 2. The summed E-state index contributed by atoms with van der Waals surface area (Å²) in [5.41, 5.74) is 2.15. The molecule has 1 amide bonds. The highest BCUT2D eigenvalue weighted by Gasteiger charge is 2.20. The van der Waals surface area contributed by atoms with Crippen LogP contribution in [-0.2, 0) is 0 Å². The lowest BCUT2D eigenvalue weighted by molar-refractivity contribution is 0.0709. The van der Waals surface area contributed by atoms with Gasteiger partial charge in [-0.2, -0.15) is 5.10 Å². The highest BCUT2D eigenvalue weighted by Crippen LogP contribution is 2.15. The monoisotopic (exact) mass is 303 g/mol. The summed E-state index contributed by atoms with van der Waals surface area (Å²) < 4.78 is 1.72. The zero-order chi connectivity index (χ0) is 15.9. The van der Waals surface area contributed by atoms with Gasteiger partial charge in [0, 0.05) is 19.7 Å². The van der Waals surface area contributed by atoms with Crippen LogP contribution in [0.25, 0.3) is 5.69 Å². The molecule has 0 atom stereocenters. The van der Waals surface area contributed by atoms with Gasteiger partial charge < -0.3 is 15.1 Å². The summed E-state index contributed by atoms with van der Waals surface area (Å²) in [6.07, 6.45) is 2.03. The van der Waals surface area contributed by atoms with Crippen molar-refractivity contribution < 1.29 is 15.0 Å². The van der Waals surface area contributed by atoms with Crippen LogP contribution in [0.5, 0.6) is 0 Å². The summed E-state index contributed by atoms with van der Waals surface area (Å²) in [6, 6.07) is 9.60. The minimum absolute atomic E-state index is 0.0114. The van der Waals surface area contributed by atoms with E-state index in [-0.39, 0.29) is 25.7 Å². The van der Waals surface area contributed by atoms with E-state index < -0.39 is 0 Å². The molecule has 0 radical (unpaired) electrons. The van der Waals surface area contributed by atoms with Gasteiger partial charge in [0.1, 0.15) is 0 Å². The molecule has 1 aromatic carbocycles. The van der Waals surface area contributed by atoms with Crippen molar-refractivity contribution in [3.05, 3.63) is 47.8 Å². The third-order valence-corrected chi connectivity index (χ3v) is 3.48. The van der Waals surface area contributed by atoms with Crippen LogP contribution in [-0.4, -0.2) is 57.1 Å². The molecular weight excluding hydrogens is 282 g/mol. The van der Waals surface area contributed by atoms with Crippen LogP contribution in [0, 0.1) is 6.92 Å². The van der Waals surface area contributed by atoms with Gasteiger partial charge in [0.05, 0.1) is 29.7 Å². The minimum atomic E-state index is -0.179. The molecule has 0 aliphatic rings. The lowest BCUT2D eigenvalue weighted by Crippen LogP contribution is -2.35. The van der Waals surface area contributed by atoms with Gasteiger partial charge in [-0.3, -0.25) is 4.79 Å². The van der Waals surface area contributed by atoms with E-state index >= 15 is 0 Å². The second kappa shape index (κ2) is 7.72. The number of nitrogens with zero attached hydrogens (tertiary/aromatic N) is 3. The summed E-state index contributed by atoms with van der Waals surface area (Å²) in [7, 11) is 0. The normalized spacial score (nSPS) is 10.7. The van der Waals surface area contributed by atoms with Crippen molar-refractivity contribution in [2.45, 2.75) is 13.3 Å². The Morgan fingerprint density at radius 2 is 1.91 bits per heavy atom. The van der Waals surface area contributed by atoms with E-state index in [0.717, 1.165) is 11.4 Å². The van der Waals surface area contributed by atoms with E-state index in [4.69, 9.17) is 10.2 Å². The van der Waals surface area contributed by atoms with Crippen LogP contribution in [0.2, 0.25) is 0 Å². The number of aliphatic hydroxyl groups excluding tert-OH is 2. The molecule has 1 heterocycles. The number of aromatic nitrogens is 2. The Morgan fingerprint density at radius 3 is 2.55 bits per heavy atom. The molecule has 0 saturated carbocycles. The fourth-order valence-electron chi connectivity index (χ4n) is 2.32. The molecule has 22 heavy (non-hydrogen) atoms. The fourth-order valence-corrected chi connectivity index (χ4v) is 2.32. The number of carbonyl (C=O) groups is 1. The molecule has 0 fully saturated rings. The van der Waals surface area contributed by atoms with Crippen molar-refractivity contribution in [3.8, 4) is 5.69 Å². The van der Waals surface area contributed by atoms with Crippen LogP contribution in [0.3, 0.4) is 0 Å². The van der Waals surface area contributed by atoms with Gasteiger partial charge in [-0.25, -0.2) is 4.68 Å². The second-order valence-corrected chi connectivity index (χ2v) is 4.98. The summed E-state index contributed by atoms with van der Waals surface area (Å²) in [4.78, 5) is 14.1. The van der Waals surface area contributed by atoms with E-state index in [0.29, 0.717) is 18.5 Å². The molecular formula is C16H21N3O3. The zero-order valence-corrected chi connectivity index (χ0v) is 12.6. The lowest BCUT2D eigenvalue weighted by atomic mass is 10.2. The Labute approximate surface area is 129 Å². The quantitative estimate of drug-likeness (QED) is 0.800. The molecule has 0 spiro atoms. The number of benzene rings is 1. The molecule has 0 aliphatic carbocycles. The molecule has 0 aliphatic heterocycles. The van der Waals surface area contributed by atoms with E-state index in [1.54, 1.807) is 10.9 Å². The Hall–Kier alpha value is -2.18. The van der Waals surface area contributed by atoms with Gasteiger partial charge in [-0.15, -0.1) is 0 Å². The Bertz CT molecular complexity index is 610. The predicted molar refractivity (Wildman–Crippen MR) is 83.0 cm³/mol. The maximum absolute atomic E-state index is 12.6. The minimum Gasteiger partial charge on any atom is -0.396 e. The zero-order valence-electron chi connectivity index (χ0n) is 12.6. The summed E-state index contributed by atoms with van der Waals surface area (Å²) in [5, 5.41) is 22.3. The first-order chi connectivity index (χ1) is 10.7. The molecule has 0 bridgehead atoms. The standard InChI is InChI=1S/C16H21N3O3/c1-13-15(16(22)18(9-11-21)8-5-10-20)12-17-19(13)14-6-3-2-4-7-14/h2-4,6-7,12,20-21H,5,8-11H2,1H3. The average Bonchev–Trinajstić information content (AvgIpc) is 2.93. The molecule has 6 nitrogen and oxygen atoms in total. The SMILES string of the molecule is Cc1c(C(=O)N(CCO)CCCO)cnn1-c1ccccc1. The summed E-state index contributed by atoms with van der Waals surface area (Å²) >= 11 is 0. The first-order valence-electron chi connectivity index (χ1n) is 7.30. The van der Waals surface area contributed by atoms with Crippen molar-refractivity contribution >= 4 is 5.91 Å². The Morgan fingerprint density at radius 1 is 1.18 bits per heavy atom. The molecule has 118 valence electrons. The van der Waals surface area contributed by atoms with Crippen molar-refractivity contribution in [3.63, 3.8) is 0 Å². The maximum atomic E-state index is 12.6. The third-order valence-electron chi connectivity index (χ3n) is 3.48. The van der Waals surface area contributed by atoms with Crippen molar-refractivity contribution in [1.82, 2.24) is 14.7 Å². The highest BCUT2D eigenvalue weighted by atomic mass is 16.3. The summed E-state index contributed by atoms with van der Waals surface area (Å²) in [6.45, 7) is 2.40. The van der Waals surface area contributed by atoms with Crippen LogP contribution >= 0.6 is 0 Å². The van der Waals surface area contributed by atoms with Gasteiger partial charge in [0.25, 0.3) is 5.91 Å². The Balaban J connectivity index is 2.25. The van der Waals surface area contributed by atoms with E-state index in [2.05, 4.69) is 5.10 Å². The molecule has 2 rings (SSSR count). The van der Waals surface area contributed by atoms with E-state index in [9.17, 15) is 4.79 Å². The van der Waals surface area contributed by atoms with E-state index in [1.165, 1.54) is 4.90 Å². The van der Waals surface area contributed by atoms with Crippen LogP contribution in [0.15, 0.2) is 36.5 Å². The van der Waals surface area contributed by atoms with E-state index in [1.807, 2.05) is 37.3 Å². The first kappa shape index (κ1) is 16.2. The fraction of sp³-hybridized carbons (Fsp3) is 0.375. The number of hydrogen-bond acceptors (Lipinski definition) is 4. The van der Waals surface area contributed by atoms with Gasteiger partial charge in [0.2, 0.25) is 0 Å². The van der Waals surface area contributed by atoms with Crippen LogP contribution in [0.4, 0.5) is 0 Å². The number of para-hydroxylation sites is 1. The molecule has 1 aromatic heterocycles. The molecule has 2 aromatic rings.